The maximum atomic E-state index is 12.0. The third-order valence-electron chi connectivity index (χ3n) is 3.96. The average Bonchev–Trinajstić information content (AvgIpc) is 3.06. The minimum atomic E-state index is -0.188. The Kier molecular flexibility index (Phi) is 8.20. The lowest BCUT2D eigenvalue weighted by Crippen LogP contribution is -2.38. The number of rotatable bonds is 8. The highest BCUT2D eigenvalue weighted by Gasteiger charge is 2.11. The highest BCUT2D eigenvalue weighted by molar-refractivity contribution is 6.30. The van der Waals surface area contributed by atoms with Crippen LogP contribution in [-0.2, 0) is 6.54 Å². The topological polar surface area (TPSA) is 69.9 Å². The molecule has 2 rings (SSSR count). The van der Waals surface area contributed by atoms with Crippen molar-refractivity contribution in [3.63, 3.8) is 0 Å². The van der Waals surface area contributed by atoms with Crippen molar-refractivity contribution >= 4 is 23.5 Å². The summed E-state index contributed by atoms with van der Waals surface area (Å²) in [6.45, 7) is 6.53. The third-order valence-corrected chi connectivity index (χ3v) is 4.19. The van der Waals surface area contributed by atoms with Gasteiger partial charge >= 0.3 is 0 Å². The lowest BCUT2D eigenvalue weighted by molar-refractivity contribution is 0.0925. The molecular weight excluding hydrogens is 364 g/mol. The van der Waals surface area contributed by atoms with Gasteiger partial charge in [-0.15, -0.1) is 0 Å². The van der Waals surface area contributed by atoms with Gasteiger partial charge < -0.3 is 20.0 Å². The summed E-state index contributed by atoms with van der Waals surface area (Å²) in [5, 5.41) is 6.87. The van der Waals surface area contributed by atoms with Crippen molar-refractivity contribution in [1.82, 2.24) is 15.5 Å². The minimum Gasteiger partial charge on any atom is -0.459 e. The Morgan fingerprint density at radius 1 is 1.30 bits per heavy atom. The minimum absolute atomic E-state index is 0.188. The highest BCUT2D eigenvalue weighted by Crippen LogP contribution is 2.12. The van der Waals surface area contributed by atoms with Gasteiger partial charge in [0.2, 0.25) is 0 Å². The molecule has 0 saturated heterocycles. The van der Waals surface area contributed by atoms with Gasteiger partial charge in [0.15, 0.2) is 11.7 Å². The van der Waals surface area contributed by atoms with E-state index in [-0.39, 0.29) is 5.91 Å². The fourth-order valence-electron chi connectivity index (χ4n) is 2.61. The van der Waals surface area contributed by atoms with Crippen LogP contribution in [0.5, 0.6) is 0 Å². The Hall–Kier alpha value is -2.47. The van der Waals surface area contributed by atoms with Crippen LogP contribution < -0.4 is 10.6 Å². The Balaban J connectivity index is 1.82. The molecule has 6 nitrogen and oxygen atoms in total. The number of carbonyl (C=O) groups excluding carboxylic acids is 1. The van der Waals surface area contributed by atoms with Crippen LogP contribution >= 0.6 is 11.6 Å². The highest BCUT2D eigenvalue weighted by atomic mass is 35.5. The fourth-order valence-corrected chi connectivity index (χ4v) is 2.82. The number of guanidine groups is 1. The van der Waals surface area contributed by atoms with E-state index in [0.29, 0.717) is 25.4 Å². The molecule has 2 aromatic rings. The van der Waals surface area contributed by atoms with Gasteiger partial charge in [0.1, 0.15) is 0 Å². The van der Waals surface area contributed by atoms with E-state index in [1.54, 1.807) is 6.07 Å². The molecule has 2 N–H and O–H groups in total. The number of amides is 1. The number of hydrogen-bond donors (Lipinski definition) is 2. The molecule has 0 bridgehead atoms. The molecule has 0 atom stereocenters. The van der Waals surface area contributed by atoms with Gasteiger partial charge in [-0.3, -0.25) is 9.79 Å². The summed E-state index contributed by atoms with van der Waals surface area (Å²) in [5.74, 6) is 1.00. The first-order valence-corrected chi connectivity index (χ1v) is 9.45. The first-order valence-electron chi connectivity index (χ1n) is 9.07. The number of nitrogens with zero attached hydrogens (tertiary/aromatic N) is 2. The Morgan fingerprint density at radius 2 is 2.11 bits per heavy atom. The molecule has 1 amide bonds. The van der Waals surface area contributed by atoms with Gasteiger partial charge in [-0.25, -0.2) is 0 Å². The van der Waals surface area contributed by atoms with E-state index < -0.39 is 0 Å². The molecule has 0 aliphatic carbocycles. The zero-order valence-corrected chi connectivity index (χ0v) is 16.8. The molecule has 0 radical (unpaired) electrons. The second-order valence-electron chi connectivity index (χ2n) is 6.26. The van der Waals surface area contributed by atoms with E-state index in [4.69, 9.17) is 16.0 Å². The van der Waals surface area contributed by atoms with Gasteiger partial charge in [0, 0.05) is 43.8 Å². The van der Waals surface area contributed by atoms with Crippen molar-refractivity contribution in [2.24, 2.45) is 4.99 Å². The van der Waals surface area contributed by atoms with Crippen LogP contribution in [-0.4, -0.2) is 43.4 Å². The molecule has 1 heterocycles. The zero-order valence-electron chi connectivity index (χ0n) is 16.1. The lowest BCUT2D eigenvalue weighted by Gasteiger charge is -2.22. The van der Waals surface area contributed by atoms with Crippen molar-refractivity contribution in [1.29, 1.82) is 0 Å². The molecule has 0 aliphatic rings. The first-order chi connectivity index (χ1) is 13.0. The van der Waals surface area contributed by atoms with Crippen LogP contribution in [0.2, 0.25) is 5.02 Å². The van der Waals surface area contributed by atoms with E-state index in [0.717, 1.165) is 35.1 Å². The molecule has 1 aromatic carbocycles. The molecule has 0 saturated carbocycles. The van der Waals surface area contributed by atoms with Crippen LogP contribution in [0.4, 0.5) is 0 Å². The molecule has 7 heteroatoms. The van der Waals surface area contributed by atoms with Gasteiger partial charge in [-0.1, -0.05) is 23.7 Å². The molecule has 0 spiro atoms. The second kappa shape index (κ2) is 10.6. The van der Waals surface area contributed by atoms with Gasteiger partial charge in [0.25, 0.3) is 5.91 Å². The SMILES string of the molecule is CCNC(=NCCCNC(=O)c1occc1C)N(C)Cc1cccc(Cl)c1. The second-order valence-corrected chi connectivity index (χ2v) is 6.70. The summed E-state index contributed by atoms with van der Waals surface area (Å²) in [5.41, 5.74) is 1.96. The van der Waals surface area contributed by atoms with Gasteiger partial charge in [-0.05, 0) is 44.0 Å². The number of furan rings is 1. The molecule has 27 heavy (non-hydrogen) atoms. The summed E-state index contributed by atoms with van der Waals surface area (Å²) in [7, 11) is 1.99. The quantitative estimate of drug-likeness (QED) is 0.411. The van der Waals surface area contributed by atoms with E-state index in [1.807, 2.05) is 45.2 Å². The Morgan fingerprint density at radius 3 is 2.78 bits per heavy atom. The molecule has 146 valence electrons. The number of benzene rings is 1. The van der Waals surface area contributed by atoms with Crippen molar-refractivity contribution in [2.75, 3.05) is 26.7 Å². The van der Waals surface area contributed by atoms with Gasteiger partial charge in [-0.2, -0.15) is 0 Å². The number of halogens is 1. The van der Waals surface area contributed by atoms with Gasteiger partial charge in [0.05, 0.1) is 6.26 Å². The van der Waals surface area contributed by atoms with E-state index in [2.05, 4.69) is 20.5 Å². The predicted octanol–water partition coefficient (Wildman–Crippen LogP) is 3.46. The summed E-state index contributed by atoms with van der Waals surface area (Å²) in [6, 6.07) is 9.57. The predicted molar refractivity (Wildman–Crippen MR) is 109 cm³/mol. The maximum absolute atomic E-state index is 12.0. The molecular formula is C20H27ClN4O2. The summed E-state index contributed by atoms with van der Waals surface area (Å²) >= 11 is 6.05. The molecule has 0 aliphatic heterocycles. The zero-order chi connectivity index (χ0) is 19.6. The number of carbonyl (C=O) groups is 1. The molecule has 0 unspecified atom stereocenters. The normalized spacial score (nSPS) is 11.3. The first kappa shape index (κ1) is 20.8. The number of nitrogens with one attached hydrogen (secondary N) is 2. The number of aliphatic imine (C=N–C) groups is 1. The van der Waals surface area contributed by atoms with E-state index >= 15 is 0 Å². The van der Waals surface area contributed by atoms with Crippen molar-refractivity contribution in [2.45, 2.75) is 26.8 Å². The third kappa shape index (κ3) is 6.64. The van der Waals surface area contributed by atoms with Crippen LogP contribution in [0, 0.1) is 6.92 Å². The Bertz CT molecular complexity index is 773. The standard InChI is InChI=1S/C20H27ClN4O2/c1-4-22-20(25(3)14-16-7-5-8-17(21)13-16)24-11-6-10-23-19(26)18-15(2)9-12-27-18/h5,7-9,12-13H,4,6,10-11,14H2,1-3H3,(H,22,24)(H,23,26). The largest absolute Gasteiger partial charge is 0.459 e. The Labute approximate surface area is 165 Å². The summed E-state index contributed by atoms with van der Waals surface area (Å²) in [6.07, 6.45) is 2.26. The van der Waals surface area contributed by atoms with Crippen molar-refractivity contribution < 1.29 is 9.21 Å². The van der Waals surface area contributed by atoms with Crippen LogP contribution in [0.25, 0.3) is 0 Å². The van der Waals surface area contributed by atoms with Crippen LogP contribution in [0.1, 0.15) is 35.0 Å². The average molecular weight is 391 g/mol. The van der Waals surface area contributed by atoms with Crippen LogP contribution in [0.3, 0.4) is 0 Å². The monoisotopic (exact) mass is 390 g/mol. The molecule has 0 fully saturated rings. The smallest absolute Gasteiger partial charge is 0.287 e. The van der Waals surface area contributed by atoms with Crippen molar-refractivity contribution in [3.8, 4) is 0 Å². The maximum Gasteiger partial charge on any atom is 0.287 e. The lowest BCUT2D eigenvalue weighted by atomic mass is 10.2. The molecule has 1 aromatic heterocycles. The summed E-state index contributed by atoms with van der Waals surface area (Å²) < 4.78 is 5.18. The van der Waals surface area contributed by atoms with Crippen LogP contribution in [0.15, 0.2) is 46.0 Å². The van der Waals surface area contributed by atoms with E-state index in [9.17, 15) is 4.79 Å². The summed E-state index contributed by atoms with van der Waals surface area (Å²) in [4.78, 5) is 18.7. The fraction of sp³-hybridized carbons (Fsp3) is 0.400. The number of aryl methyl sites for hydroxylation is 1. The number of hydrogen-bond acceptors (Lipinski definition) is 3. The van der Waals surface area contributed by atoms with Crippen molar-refractivity contribution in [3.05, 3.63) is 58.5 Å². The van der Waals surface area contributed by atoms with E-state index in [1.165, 1.54) is 6.26 Å².